The number of carboxylic acid groups (broad SMARTS) is 1. The van der Waals surface area contributed by atoms with Crippen LogP contribution in [0.25, 0.3) is 0 Å². The topological polar surface area (TPSA) is 127 Å². The molecule has 9 heteroatoms. The maximum Gasteiger partial charge on any atom is 0.337 e. The van der Waals surface area contributed by atoms with E-state index in [9.17, 15) is 22.4 Å². The second-order valence-electron chi connectivity index (χ2n) is 4.48. The minimum atomic E-state index is -3.28. The summed E-state index contributed by atoms with van der Waals surface area (Å²) in [5.41, 5.74) is 4.59. The highest BCUT2D eigenvalue weighted by Gasteiger charge is 2.21. The molecule has 0 saturated heterocycles. The van der Waals surface area contributed by atoms with Crippen molar-refractivity contribution in [1.82, 2.24) is 0 Å². The maximum atomic E-state index is 13.6. The molecule has 1 unspecified atom stereocenters. The van der Waals surface area contributed by atoms with Gasteiger partial charge in [0.2, 0.25) is 5.91 Å². The Morgan fingerprint density at radius 3 is 2.57 bits per heavy atom. The van der Waals surface area contributed by atoms with Gasteiger partial charge in [0.15, 0.2) is 0 Å². The van der Waals surface area contributed by atoms with Crippen molar-refractivity contribution < 1.29 is 27.5 Å². The number of benzene rings is 1. The molecule has 0 spiro atoms. The number of hydrogen-bond acceptors (Lipinski definition) is 5. The third kappa shape index (κ3) is 5.12. The molecule has 0 radical (unpaired) electrons. The minimum absolute atomic E-state index is 0.151. The fourth-order valence-corrected chi connectivity index (χ4v) is 2.20. The van der Waals surface area contributed by atoms with Crippen molar-refractivity contribution in [3.05, 3.63) is 29.6 Å². The summed E-state index contributed by atoms with van der Waals surface area (Å²) in [7, 11) is -3.28. The number of anilines is 1. The van der Waals surface area contributed by atoms with Crippen LogP contribution in [-0.4, -0.2) is 43.5 Å². The van der Waals surface area contributed by atoms with Crippen molar-refractivity contribution in [3.8, 4) is 0 Å². The number of carbonyl (C=O) groups is 2. The molecule has 0 saturated carbocycles. The van der Waals surface area contributed by atoms with Gasteiger partial charge in [0.25, 0.3) is 0 Å². The van der Waals surface area contributed by atoms with Gasteiger partial charge in [0, 0.05) is 6.26 Å². The third-order valence-corrected chi connectivity index (χ3v) is 3.61. The Kier molecular flexibility index (Phi) is 5.39. The van der Waals surface area contributed by atoms with Crippen LogP contribution in [0.3, 0.4) is 0 Å². The van der Waals surface area contributed by atoms with Crippen LogP contribution in [-0.2, 0) is 14.6 Å². The first-order valence-corrected chi connectivity index (χ1v) is 7.94. The first kappa shape index (κ1) is 17.1. The second kappa shape index (κ2) is 6.64. The highest BCUT2D eigenvalue weighted by molar-refractivity contribution is 7.90. The van der Waals surface area contributed by atoms with Gasteiger partial charge in [-0.3, -0.25) is 4.79 Å². The number of halogens is 1. The number of sulfone groups is 1. The van der Waals surface area contributed by atoms with Crippen LogP contribution in [0.15, 0.2) is 18.2 Å². The quantitative estimate of drug-likeness (QED) is 0.689. The van der Waals surface area contributed by atoms with E-state index in [0.717, 1.165) is 18.4 Å². The van der Waals surface area contributed by atoms with Crippen LogP contribution in [0.2, 0.25) is 0 Å². The Morgan fingerprint density at radius 1 is 1.43 bits per heavy atom. The van der Waals surface area contributed by atoms with E-state index in [2.05, 4.69) is 5.32 Å². The molecule has 0 fully saturated rings. The third-order valence-electron chi connectivity index (χ3n) is 2.63. The fourth-order valence-electron chi connectivity index (χ4n) is 1.52. The smallest absolute Gasteiger partial charge is 0.337 e. The second-order valence-corrected chi connectivity index (χ2v) is 6.74. The molecule has 0 bridgehead atoms. The van der Waals surface area contributed by atoms with E-state index in [-0.39, 0.29) is 12.2 Å². The van der Waals surface area contributed by atoms with Gasteiger partial charge in [-0.1, -0.05) is 6.07 Å². The lowest BCUT2D eigenvalue weighted by Gasteiger charge is -2.13. The standard InChI is InChI=1S/C12H15FN2O5S/c1-21(19,20)6-5-9(14)11(16)15-10-7(12(17)18)3-2-4-8(10)13/h2-4,9H,5-6,14H2,1H3,(H,15,16)(H,17,18). The van der Waals surface area contributed by atoms with Gasteiger partial charge in [-0.15, -0.1) is 0 Å². The molecule has 0 aliphatic rings. The molecule has 0 aromatic heterocycles. The molecule has 0 aliphatic heterocycles. The molecule has 116 valence electrons. The molecular formula is C12H15FN2O5S. The number of aromatic carboxylic acids is 1. The zero-order valence-electron chi connectivity index (χ0n) is 11.2. The number of rotatable bonds is 6. The van der Waals surface area contributed by atoms with Gasteiger partial charge in [-0.25, -0.2) is 17.6 Å². The molecule has 7 nitrogen and oxygen atoms in total. The maximum absolute atomic E-state index is 13.6. The van der Waals surface area contributed by atoms with Crippen molar-refractivity contribution >= 4 is 27.4 Å². The predicted octanol–water partition coefficient (Wildman–Crippen LogP) is 0.224. The molecule has 1 atom stereocenters. The number of hydrogen-bond donors (Lipinski definition) is 3. The molecule has 21 heavy (non-hydrogen) atoms. The Bertz CT molecular complexity index is 660. The average Bonchev–Trinajstić information content (AvgIpc) is 2.36. The average molecular weight is 318 g/mol. The summed E-state index contributed by atoms with van der Waals surface area (Å²) in [5, 5.41) is 11.0. The van der Waals surface area contributed by atoms with Crippen molar-refractivity contribution in [2.75, 3.05) is 17.3 Å². The van der Waals surface area contributed by atoms with E-state index >= 15 is 0 Å². The molecule has 1 aromatic rings. The normalized spacial score (nSPS) is 12.7. The Hall–Kier alpha value is -2.00. The van der Waals surface area contributed by atoms with Crippen molar-refractivity contribution in [2.24, 2.45) is 5.73 Å². The van der Waals surface area contributed by atoms with Crippen LogP contribution in [0.4, 0.5) is 10.1 Å². The van der Waals surface area contributed by atoms with E-state index < -0.39 is 44.8 Å². The molecule has 0 aliphatic carbocycles. The van der Waals surface area contributed by atoms with E-state index in [1.54, 1.807) is 0 Å². The van der Waals surface area contributed by atoms with Crippen LogP contribution in [0.5, 0.6) is 0 Å². The van der Waals surface area contributed by atoms with E-state index in [4.69, 9.17) is 10.8 Å². The lowest BCUT2D eigenvalue weighted by molar-refractivity contribution is -0.117. The summed E-state index contributed by atoms with van der Waals surface area (Å²) in [6.07, 6.45) is 0.846. The van der Waals surface area contributed by atoms with E-state index in [0.29, 0.717) is 0 Å². The lowest BCUT2D eigenvalue weighted by Crippen LogP contribution is -2.37. The Morgan fingerprint density at radius 2 is 2.05 bits per heavy atom. The number of nitrogens with two attached hydrogens (primary N) is 1. The van der Waals surface area contributed by atoms with Crippen LogP contribution < -0.4 is 11.1 Å². The summed E-state index contributed by atoms with van der Waals surface area (Å²) in [6.45, 7) is 0. The Labute approximate surface area is 120 Å². The van der Waals surface area contributed by atoms with Crippen LogP contribution in [0, 0.1) is 5.82 Å². The predicted molar refractivity (Wildman–Crippen MR) is 74.3 cm³/mol. The fraction of sp³-hybridized carbons (Fsp3) is 0.333. The van der Waals surface area contributed by atoms with Crippen LogP contribution >= 0.6 is 0 Å². The summed E-state index contributed by atoms with van der Waals surface area (Å²) < 4.78 is 35.6. The SMILES string of the molecule is CS(=O)(=O)CCC(N)C(=O)Nc1c(F)cccc1C(=O)O. The van der Waals surface area contributed by atoms with Crippen molar-refractivity contribution in [2.45, 2.75) is 12.5 Å². The Balaban J connectivity index is 2.86. The first-order chi connectivity index (χ1) is 9.61. The van der Waals surface area contributed by atoms with Gasteiger partial charge in [0.05, 0.1) is 23.0 Å². The summed E-state index contributed by atoms with van der Waals surface area (Å²) in [5.74, 6) is -3.48. The highest BCUT2D eigenvalue weighted by atomic mass is 32.2. The van der Waals surface area contributed by atoms with E-state index in [1.165, 1.54) is 6.07 Å². The van der Waals surface area contributed by atoms with Gasteiger partial charge in [-0.2, -0.15) is 0 Å². The van der Waals surface area contributed by atoms with Gasteiger partial charge in [-0.05, 0) is 18.6 Å². The molecule has 1 aromatic carbocycles. The minimum Gasteiger partial charge on any atom is -0.478 e. The lowest BCUT2D eigenvalue weighted by atomic mass is 10.1. The zero-order chi connectivity index (χ0) is 16.2. The van der Waals surface area contributed by atoms with E-state index in [1.807, 2.05) is 0 Å². The summed E-state index contributed by atoms with van der Waals surface area (Å²) in [6, 6.07) is 2.12. The molecule has 0 heterocycles. The number of para-hydroxylation sites is 1. The molecule has 1 rings (SSSR count). The number of nitrogens with one attached hydrogen (secondary N) is 1. The van der Waals surface area contributed by atoms with Gasteiger partial charge >= 0.3 is 5.97 Å². The summed E-state index contributed by atoms with van der Waals surface area (Å²) in [4.78, 5) is 22.7. The number of carboxylic acids is 1. The highest BCUT2D eigenvalue weighted by Crippen LogP contribution is 2.20. The van der Waals surface area contributed by atoms with Gasteiger partial charge in [0.1, 0.15) is 15.7 Å². The van der Waals surface area contributed by atoms with Crippen molar-refractivity contribution in [1.29, 1.82) is 0 Å². The summed E-state index contributed by atoms with van der Waals surface area (Å²) >= 11 is 0. The molecule has 1 amide bonds. The molecule has 4 N–H and O–H groups in total. The van der Waals surface area contributed by atoms with Gasteiger partial charge < -0.3 is 16.2 Å². The largest absolute Gasteiger partial charge is 0.478 e. The monoisotopic (exact) mass is 318 g/mol. The van der Waals surface area contributed by atoms with Crippen LogP contribution in [0.1, 0.15) is 16.8 Å². The number of amides is 1. The zero-order valence-corrected chi connectivity index (χ0v) is 12.0. The van der Waals surface area contributed by atoms with Crippen molar-refractivity contribution in [3.63, 3.8) is 0 Å². The molecular weight excluding hydrogens is 303 g/mol. The number of carbonyl (C=O) groups excluding carboxylic acids is 1. The first-order valence-electron chi connectivity index (χ1n) is 5.88.